The third-order valence-corrected chi connectivity index (χ3v) is 3.53. The molecule has 19 heavy (non-hydrogen) atoms. The lowest BCUT2D eigenvalue weighted by Gasteiger charge is -2.11. The molecule has 1 aliphatic heterocycles. The maximum absolute atomic E-state index is 9.49. The first-order valence-corrected chi connectivity index (χ1v) is 6.69. The molecule has 1 aromatic carbocycles. The number of halogens is 1. The molecule has 0 aliphatic carbocycles. The van der Waals surface area contributed by atoms with Crippen LogP contribution in [0.4, 0.5) is 0 Å². The number of rotatable bonds is 3. The summed E-state index contributed by atoms with van der Waals surface area (Å²) >= 11 is 5.85. The predicted octanol–water partition coefficient (Wildman–Crippen LogP) is 2.56. The maximum atomic E-state index is 9.49. The van der Waals surface area contributed by atoms with E-state index in [0.29, 0.717) is 24.0 Å². The molecule has 0 bridgehead atoms. The predicted molar refractivity (Wildman–Crippen MR) is 72.8 cm³/mol. The van der Waals surface area contributed by atoms with Crippen LogP contribution in [0.5, 0.6) is 0 Å². The van der Waals surface area contributed by atoms with Gasteiger partial charge in [0.05, 0.1) is 11.8 Å². The van der Waals surface area contributed by atoms with Gasteiger partial charge in [-0.1, -0.05) is 11.6 Å². The summed E-state index contributed by atoms with van der Waals surface area (Å²) < 4.78 is 5.48. The van der Waals surface area contributed by atoms with Crippen LogP contribution in [0, 0.1) is 0 Å². The normalized spacial score (nSPS) is 20.0. The van der Waals surface area contributed by atoms with Crippen molar-refractivity contribution < 1.29 is 9.52 Å². The lowest BCUT2D eigenvalue weighted by atomic mass is 10.2. The van der Waals surface area contributed by atoms with Crippen LogP contribution in [-0.4, -0.2) is 34.2 Å². The van der Waals surface area contributed by atoms with Crippen molar-refractivity contribution in [2.45, 2.75) is 19.1 Å². The fourth-order valence-corrected chi connectivity index (χ4v) is 2.42. The van der Waals surface area contributed by atoms with Crippen molar-refractivity contribution in [2.75, 3.05) is 13.1 Å². The van der Waals surface area contributed by atoms with Crippen molar-refractivity contribution in [3.63, 3.8) is 0 Å². The van der Waals surface area contributed by atoms with Crippen LogP contribution in [0.1, 0.15) is 12.1 Å². The highest BCUT2D eigenvalue weighted by Gasteiger charge is 2.21. The van der Waals surface area contributed by atoms with Gasteiger partial charge >= 0.3 is 0 Å². The molecule has 2 heterocycles. The number of aromatic nitrogens is 1. The second-order valence-electron chi connectivity index (χ2n) is 4.83. The van der Waals surface area contributed by atoms with Gasteiger partial charge in [0.1, 0.15) is 6.26 Å². The SMILES string of the molecule is O[C@@H]1CCN(Cc2coc(-c3ccc(Cl)cc3)n2)C1. The van der Waals surface area contributed by atoms with E-state index < -0.39 is 0 Å². The first-order valence-electron chi connectivity index (χ1n) is 6.31. The Morgan fingerprint density at radius 3 is 2.84 bits per heavy atom. The second kappa shape index (κ2) is 5.33. The van der Waals surface area contributed by atoms with Crippen LogP contribution in [-0.2, 0) is 6.54 Å². The summed E-state index contributed by atoms with van der Waals surface area (Å²) in [6, 6.07) is 7.41. The van der Waals surface area contributed by atoms with Crippen LogP contribution in [0.3, 0.4) is 0 Å². The van der Waals surface area contributed by atoms with E-state index in [9.17, 15) is 5.11 Å². The molecule has 1 aromatic heterocycles. The monoisotopic (exact) mass is 278 g/mol. The van der Waals surface area contributed by atoms with Gasteiger partial charge in [0.25, 0.3) is 0 Å². The van der Waals surface area contributed by atoms with Gasteiger partial charge in [0.15, 0.2) is 0 Å². The highest BCUT2D eigenvalue weighted by atomic mass is 35.5. The van der Waals surface area contributed by atoms with Crippen molar-refractivity contribution >= 4 is 11.6 Å². The van der Waals surface area contributed by atoms with Crippen LogP contribution >= 0.6 is 11.6 Å². The summed E-state index contributed by atoms with van der Waals surface area (Å²) in [5.74, 6) is 0.603. The largest absolute Gasteiger partial charge is 0.444 e. The second-order valence-corrected chi connectivity index (χ2v) is 5.26. The first-order chi connectivity index (χ1) is 9.20. The number of hydrogen-bond acceptors (Lipinski definition) is 4. The Labute approximate surface area is 116 Å². The Bertz CT molecular complexity index is 553. The van der Waals surface area contributed by atoms with Crippen molar-refractivity contribution in [2.24, 2.45) is 0 Å². The minimum absolute atomic E-state index is 0.206. The van der Waals surface area contributed by atoms with Crippen molar-refractivity contribution in [1.29, 1.82) is 0 Å². The Morgan fingerprint density at radius 1 is 1.37 bits per heavy atom. The quantitative estimate of drug-likeness (QED) is 0.937. The van der Waals surface area contributed by atoms with E-state index in [2.05, 4.69) is 9.88 Å². The molecule has 0 spiro atoms. The summed E-state index contributed by atoms with van der Waals surface area (Å²) in [6.45, 7) is 2.33. The van der Waals surface area contributed by atoms with E-state index in [4.69, 9.17) is 16.0 Å². The van der Waals surface area contributed by atoms with Gasteiger partial charge in [0, 0.05) is 30.2 Å². The maximum Gasteiger partial charge on any atom is 0.226 e. The molecule has 3 rings (SSSR count). The van der Waals surface area contributed by atoms with Crippen LogP contribution < -0.4 is 0 Å². The van der Waals surface area contributed by atoms with Crippen molar-refractivity contribution in [1.82, 2.24) is 9.88 Å². The van der Waals surface area contributed by atoms with Crippen LogP contribution in [0.25, 0.3) is 11.5 Å². The molecule has 1 saturated heterocycles. The molecule has 100 valence electrons. The molecule has 1 fully saturated rings. The number of hydrogen-bond donors (Lipinski definition) is 1. The lowest BCUT2D eigenvalue weighted by molar-refractivity contribution is 0.174. The number of benzene rings is 1. The Hall–Kier alpha value is -1.36. The van der Waals surface area contributed by atoms with E-state index in [1.807, 2.05) is 24.3 Å². The van der Waals surface area contributed by atoms with E-state index in [0.717, 1.165) is 24.2 Å². The zero-order chi connectivity index (χ0) is 13.2. The highest BCUT2D eigenvalue weighted by Crippen LogP contribution is 2.22. The summed E-state index contributed by atoms with van der Waals surface area (Å²) in [6.07, 6.45) is 2.30. The Kier molecular flexibility index (Phi) is 3.55. The van der Waals surface area contributed by atoms with Gasteiger partial charge in [-0.15, -0.1) is 0 Å². The van der Waals surface area contributed by atoms with E-state index >= 15 is 0 Å². The molecule has 0 saturated carbocycles. The van der Waals surface area contributed by atoms with Gasteiger partial charge < -0.3 is 9.52 Å². The molecule has 0 unspecified atom stereocenters. The third-order valence-electron chi connectivity index (χ3n) is 3.28. The fraction of sp³-hybridized carbons (Fsp3) is 0.357. The first kappa shape index (κ1) is 12.7. The zero-order valence-electron chi connectivity index (χ0n) is 10.4. The summed E-state index contributed by atoms with van der Waals surface area (Å²) in [4.78, 5) is 6.64. The van der Waals surface area contributed by atoms with Crippen molar-refractivity contribution in [3.8, 4) is 11.5 Å². The lowest BCUT2D eigenvalue weighted by Crippen LogP contribution is -2.21. The molecule has 5 heteroatoms. The van der Waals surface area contributed by atoms with E-state index in [1.165, 1.54) is 0 Å². The third kappa shape index (κ3) is 2.97. The molecule has 1 aliphatic rings. The zero-order valence-corrected chi connectivity index (χ0v) is 11.2. The Morgan fingerprint density at radius 2 is 2.16 bits per heavy atom. The Balaban J connectivity index is 1.71. The van der Waals surface area contributed by atoms with Crippen molar-refractivity contribution in [3.05, 3.63) is 41.2 Å². The molecule has 0 amide bonds. The number of nitrogens with zero attached hydrogens (tertiary/aromatic N) is 2. The van der Waals surface area contributed by atoms with Crippen LogP contribution in [0.2, 0.25) is 5.02 Å². The molecule has 0 radical (unpaired) electrons. The van der Waals surface area contributed by atoms with E-state index in [-0.39, 0.29) is 6.10 Å². The average Bonchev–Trinajstić information content (AvgIpc) is 3.00. The molecular weight excluding hydrogens is 264 g/mol. The smallest absolute Gasteiger partial charge is 0.226 e. The summed E-state index contributed by atoms with van der Waals surface area (Å²) in [7, 11) is 0. The number of β-amino-alcohol motifs (C(OH)–C–C–N with tert-alkyl or cyclic N) is 1. The van der Waals surface area contributed by atoms with E-state index in [1.54, 1.807) is 6.26 Å². The van der Waals surface area contributed by atoms with Gasteiger partial charge in [-0.05, 0) is 30.7 Å². The van der Waals surface area contributed by atoms with Crippen LogP contribution in [0.15, 0.2) is 34.9 Å². The summed E-state index contributed by atoms with van der Waals surface area (Å²) in [5.41, 5.74) is 1.80. The summed E-state index contributed by atoms with van der Waals surface area (Å²) in [5, 5.41) is 10.2. The van der Waals surface area contributed by atoms with Gasteiger partial charge in [-0.3, -0.25) is 4.90 Å². The molecule has 1 N–H and O–H groups in total. The van der Waals surface area contributed by atoms with Gasteiger partial charge in [0.2, 0.25) is 5.89 Å². The molecule has 1 atom stereocenters. The average molecular weight is 279 g/mol. The highest BCUT2D eigenvalue weighted by molar-refractivity contribution is 6.30. The number of oxazole rings is 1. The van der Waals surface area contributed by atoms with Gasteiger partial charge in [-0.2, -0.15) is 0 Å². The molecular formula is C14H15ClN2O2. The minimum atomic E-state index is -0.206. The molecule has 4 nitrogen and oxygen atoms in total. The number of aliphatic hydroxyl groups excluding tert-OH is 1. The fourth-order valence-electron chi connectivity index (χ4n) is 2.29. The molecule has 2 aromatic rings. The van der Waals surface area contributed by atoms with Gasteiger partial charge in [-0.25, -0.2) is 4.98 Å². The number of likely N-dealkylation sites (tertiary alicyclic amines) is 1. The minimum Gasteiger partial charge on any atom is -0.444 e. The topological polar surface area (TPSA) is 49.5 Å². The number of aliphatic hydroxyl groups is 1. The standard InChI is InChI=1S/C14H15ClN2O2/c15-11-3-1-10(2-4-11)14-16-12(9-19-14)7-17-6-5-13(18)8-17/h1-4,9,13,18H,5-8H2/t13-/m1/s1.